The number of carbonyl (C=O) groups is 3. The minimum Gasteiger partial charge on any atom is -0.394 e. The highest BCUT2D eigenvalue weighted by Crippen LogP contribution is 2.69. The third kappa shape index (κ3) is 6.38. The van der Waals surface area contributed by atoms with Gasteiger partial charge in [0.15, 0.2) is 0 Å². The molecule has 1 N–H and O–H groups in total. The summed E-state index contributed by atoms with van der Waals surface area (Å²) in [5, 5.41) is 10.9. The SMILES string of the molecule is C=CCN(C(=O)[C@@H]1[C@@H]2CC(C)C3(S2)C(C(=O)N(CC=C)C(C)(C)CC(C)(C)C)N([C@@H](CO)Cc2ccccc2)C(=O)[C@H]13)c1ccccc1. The lowest BCUT2D eigenvalue weighted by atomic mass is 9.65. The highest BCUT2D eigenvalue weighted by atomic mass is 32.2. The van der Waals surface area contributed by atoms with Gasteiger partial charge in [-0.3, -0.25) is 14.4 Å². The maximum atomic E-state index is 15.4. The zero-order chi connectivity index (χ0) is 35.0. The largest absolute Gasteiger partial charge is 0.394 e. The molecule has 0 aliphatic carbocycles. The van der Waals surface area contributed by atoms with Crippen LogP contribution in [0.25, 0.3) is 0 Å². The van der Waals surface area contributed by atoms with Gasteiger partial charge in [-0.1, -0.05) is 88.4 Å². The predicted molar refractivity (Wildman–Crippen MR) is 196 cm³/mol. The molecule has 0 radical (unpaired) electrons. The first-order chi connectivity index (χ1) is 22.7. The van der Waals surface area contributed by atoms with E-state index in [0.29, 0.717) is 19.5 Å². The number of hydrogen-bond donors (Lipinski definition) is 1. The summed E-state index contributed by atoms with van der Waals surface area (Å²) in [5.74, 6) is -1.76. The van der Waals surface area contributed by atoms with Crippen molar-refractivity contribution in [3.8, 4) is 0 Å². The molecule has 258 valence electrons. The molecule has 7 nitrogen and oxygen atoms in total. The molecule has 1 spiro atoms. The van der Waals surface area contributed by atoms with Gasteiger partial charge in [-0.15, -0.1) is 24.9 Å². The average molecular weight is 672 g/mol. The fraction of sp³-hybridized carbons (Fsp3) is 0.525. The smallest absolute Gasteiger partial charge is 0.247 e. The molecule has 3 aliphatic heterocycles. The summed E-state index contributed by atoms with van der Waals surface area (Å²) in [6.07, 6.45) is 5.34. The Morgan fingerprint density at radius 2 is 1.60 bits per heavy atom. The predicted octanol–water partition coefficient (Wildman–Crippen LogP) is 6.38. The molecule has 2 bridgehead atoms. The van der Waals surface area contributed by atoms with E-state index in [0.717, 1.165) is 24.1 Å². The third-order valence-electron chi connectivity index (χ3n) is 10.5. The molecule has 8 heteroatoms. The maximum absolute atomic E-state index is 15.4. The molecule has 7 atom stereocenters. The van der Waals surface area contributed by atoms with Crippen molar-refractivity contribution in [3.05, 3.63) is 91.5 Å². The first-order valence-corrected chi connectivity index (χ1v) is 18.1. The lowest BCUT2D eigenvalue weighted by Crippen LogP contribution is -2.63. The van der Waals surface area contributed by atoms with Gasteiger partial charge < -0.3 is 19.8 Å². The van der Waals surface area contributed by atoms with Crippen LogP contribution in [0.5, 0.6) is 0 Å². The van der Waals surface area contributed by atoms with Gasteiger partial charge >= 0.3 is 0 Å². The quantitative estimate of drug-likeness (QED) is 0.250. The Morgan fingerprint density at radius 3 is 2.17 bits per heavy atom. The number of nitrogens with zero attached hydrogens (tertiary/aromatic N) is 3. The number of para-hydroxylation sites is 1. The second kappa shape index (κ2) is 13.9. The minimum absolute atomic E-state index is 0.00130. The van der Waals surface area contributed by atoms with Crippen LogP contribution in [0.4, 0.5) is 5.69 Å². The van der Waals surface area contributed by atoms with Crippen molar-refractivity contribution in [1.29, 1.82) is 0 Å². The van der Waals surface area contributed by atoms with E-state index < -0.39 is 34.2 Å². The molecule has 0 saturated carbocycles. The number of amides is 3. The number of likely N-dealkylation sites (tertiary alicyclic amines) is 1. The van der Waals surface area contributed by atoms with Crippen molar-refractivity contribution in [3.63, 3.8) is 0 Å². The molecule has 2 aromatic rings. The Kier molecular flexibility index (Phi) is 10.4. The molecule has 48 heavy (non-hydrogen) atoms. The van der Waals surface area contributed by atoms with Gasteiger partial charge in [0.25, 0.3) is 0 Å². The van der Waals surface area contributed by atoms with Crippen LogP contribution in [0.3, 0.4) is 0 Å². The van der Waals surface area contributed by atoms with Crippen LogP contribution in [0, 0.1) is 23.2 Å². The van der Waals surface area contributed by atoms with Crippen molar-refractivity contribution in [2.45, 2.75) is 88.4 Å². The lowest BCUT2D eigenvalue weighted by Gasteiger charge is -2.47. The van der Waals surface area contributed by atoms with Crippen molar-refractivity contribution in [1.82, 2.24) is 9.80 Å². The Hall–Kier alpha value is -3.36. The van der Waals surface area contributed by atoms with E-state index in [4.69, 9.17) is 0 Å². The Bertz CT molecular complexity index is 1510. The molecular weight excluding hydrogens is 619 g/mol. The fourth-order valence-electron chi connectivity index (χ4n) is 9.10. The number of carbonyl (C=O) groups excluding carboxylic acids is 3. The Morgan fingerprint density at radius 1 is 1.00 bits per heavy atom. The number of aliphatic hydroxyl groups excluding tert-OH is 1. The zero-order valence-electron chi connectivity index (χ0n) is 29.5. The van der Waals surface area contributed by atoms with Crippen LogP contribution in [-0.4, -0.2) is 79.9 Å². The monoisotopic (exact) mass is 671 g/mol. The third-order valence-corrected chi connectivity index (χ3v) is 12.6. The summed E-state index contributed by atoms with van der Waals surface area (Å²) in [7, 11) is 0. The van der Waals surface area contributed by atoms with E-state index in [2.05, 4.69) is 54.7 Å². The molecule has 3 unspecified atom stereocenters. The van der Waals surface area contributed by atoms with Crippen molar-refractivity contribution < 1.29 is 19.5 Å². The number of anilines is 1. The number of fused-ring (bicyclic) bond motifs is 1. The topological polar surface area (TPSA) is 81.2 Å². The Balaban J connectivity index is 1.65. The van der Waals surface area contributed by atoms with Gasteiger partial charge in [0.1, 0.15) is 6.04 Å². The van der Waals surface area contributed by atoms with Gasteiger partial charge in [-0.05, 0) is 62.1 Å². The highest BCUT2D eigenvalue weighted by molar-refractivity contribution is 8.02. The first-order valence-electron chi connectivity index (χ1n) is 17.3. The second-order valence-corrected chi connectivity index (χ2v) is 17.2. The molecule has 3 fully saturated rings. The molecule has 0 aromatic heterocycles. The molecule has 5 rings (SSSR count). The number of benzene rings is 2. The van der Waals surface area contributed by atoms with Crippen molar-refractivity contribution in [2.24, 2.45) is 23.2 Å². The summed E-state index contributed by atoms with van der Waals surface area (Å²) in [5.41, 5.74) is 1.12. The van der Waals surface area contributed by atoms with E-state index >= 15 is 9.59 Å². The number of thioether (sulfide) groups is 1. The van der Waals surface area contributed by atoms with Gasteiger partial charge in [-0.25, -0.2) is 0 Å². The summed E-state index contributed by atoms with van der Waals surface area (Å²) < 4.78 is -0.822. The maximum Gasteiger partial charge on any atom is 0.247 e. The standard InChI is InChI=1S/C40H53N3O4S/c1-9-21-41(29-19-15-12-16-20-29)35(45)32-31-23-27(3)40(48-31)33(32)36(46)43(30(25-44)24-28-17-13-11-14-18-28)34(40)37(47)42(22-10-2)39(7,8)26-38(4,5)6/h9-20,27,30-34,44H,1-2,21-26H2,3-8H3/t27?,30-,31+,32-,33+,34?,40?/m1/s1. The van der Waals surface area contributed by atoms with E-state index in [1.807, 2.05) is 65.6 Å². The fourth-order valence-corrected chi connectivity index (χ4v) is 11.5. The van der Waals surface area contributed by atoms with Crippen LogP contribution in [0.15, 0.2) is 86.0 Å². The molecular formula is C40H53N3O4S. The average Bonchev–Trinajstić information content (AvgIpc) is 3.64. The molecule has 3 aliphatic rings. The number of rotatable bonds is 13. The van der Waals surface area contributed by atoms with E-state index in [-0.39, 0.29) is 40.9 Å². The number of hydrogen-bond acceptors (Lipinski definition) is 5. The summed E-state index contributed by atoms with van der Waals surface area (Å²) in [4.78, 5) is 50.6. The van der Waals surface area contributed by atoms with Crippen LogP contribution in [-0.2, 0) is 20.8 Å². The molecule has 3 amide bonds. The molecule has 3 heterocycles. The number of aliphatic hydroxyl groups is 1. The minimum atomic E-state index is -0.845. The van der Waals surface area contributed by atoms with Gasteiger partial charge in [0.05, 0.1) is 29.2 Å². The van der Waals surface area contributed by atoms with Crippen LogP contribution >= 0.6 is 11.8 Å². The van der Waals surface area contributed by atoms with E-state index in [9.17, 15) is 9.90 Å². The zero-order valence-corrected chi connectivity index (χ0v) is 30.3. The van der Waals surface area contributed by atoms with E-state index in [1.165, 1.54) is 0 Å². The van der Waals surface area contributed by atoms with Gasteiger partial charge in [-0.2, -0.15) is 0 Å². The molecule has 3 saturated heterocycles. The van der Waals surface area contributed by atoms with Crippen molar-refractivity contribution >= 4 is 35.2 Å². The van der Waals surface area contributed by atoms with E-state index in [1.54, 1.807) is 33.7 Å². The Labute approximate surface area is 291 Å². The molecule has 2 aromatic carbocycles. The van der Waals surface area contributed by atoms with Gasteiger partial charge in [0, 0.05) is 29.6 Å². The first kappa shape index (κ1) is 35.9. The van der Waals surface area contributed by atoms with Crippen LogP contribution < -0.4 is 4.90 Å². The summed E-state index contributed by atoms with van der Waals surface area (Å²) in [6, 6.07) is 17.8. The summed E-state index contributed by atoms with van der Waals surface area (Å²) in [6.45, 7) is 21.1. The second-order valence-electron chi connectivity index (χ2n) is 15.7. The highest BCUT2D eigenvalue weighted by Gasteiger charge is 2.77. The van der Waals surface area contributed by atoms with Crippen molar-refractivity contribution in [2.75, 3.05) is 24.6 Å². The lowest BCUT2D eigenvalue weighted by molar-refractivity contribution is -0.149. The van der Waals surface area contributed by atoms with Crippen LogP contribution in [0.1, 0.15) is 59.9 Å². The summed E-state index contributed by atoms with van der Waals surface area (Å²) >= 11 is 1.67. The van der Waals surface area contributed by atoms with Crippen LogP contribution in [0.2, 0.25) is 0 Å². The van der Waals surface area contributed by atoms with Gasteiger partial charge in [0.2, 0.25) is 17.7 Å². The normalized spacial score (nSPS) is 27.0.